The summed E-state index contributed by atoms with van der Waals surface area (Å²) in [4.78, 5) is 11.9. The third-order valence-electron chi connectivity index (χ3n) is 3.28. The van der Waals surface area contributed by atoms with Crippen molar-refractivity contribution in [1.82, 2.24) is 15.0 Å². The summed E-state index contributed by atoms with van der Waals surface area (Å²) in [6.45, 7) is 0.392. The molecule has 1 heterocycles. The Morgan fingerprint density at radius 1 is 0.947 bits per heavy atom. The molecule has 0 saturated heterocycles. The second kappa shape index (κ2) is 6.01. The summed E-state index contributed by atoms with van der Waals surface area (Å²) < 4.78 is 15.5. The molecule has 0 spiro atoms. The summed E-state index contributed by atoms with van der Waals surface area (Å²) in [7, 11) is 2.95. The van der Waals surface area contributed by atoms with Crippen molar-refractivity contribution in [2.24, 2.45) is 5.73 Å². The first-order valence-electron chi connectivity index (χ1n) is 6.41. The van der Waals surface area contributed by atoms with E-state index in [0.717, 1.165) is 25.7 Å². The van der Waals surface area contributed by atoms with Crippen molar-refractivity contribution in [3.63, 3.8) is 0 Å². The number of nitrogens with two attached hydrogens (primary N) is 1. The highest BCUT2D eigenvalue weighted by Crippen LogP contribution is 2.26. The van der Waals surface area contributed by atoms with Crippen LogP contribution in [0.4, 0.5) is 0 Å². The number of methoxy groups -OCH3 is 2. The van der Waals surface area contributed by atoms with Crippen LogP contribution >= 0.6 is 0 Å². The van der Waals surface area contributed by atoms with Gasteiger partial charge in [-0.25, -0.2) is 0 Å². The lowest BCUT2D eigenvalue weighted by molar-refractivity contribution is 0.160. The van der Waals surface area contributed by atoms with E-state index in [2.05, 4.69) is 15.0 Å². The van der Waals surface area contributed by atoms with Crippen molar-refractivity contribution in [2.75, 3.05) is 20.8 Å². The maximum Gasteiger partial charge on any atom is 0.325 e. The van der Waals surface area contributed by atoms with Gasteiger partial charge >= 0.3 is 18.0 Å². The third-order valence-corrected chi connectivity index (χ3v) is 3.28. The summed E-state index contributed by atoms with van der Waals surface area (Å²) >= 11 is 0. The van der Waals surface area contributed by atoms with Crippen molar-refractivity contribution < 1.29 is 14.2 Å². The molecule has 0 atom stereocenters. The molecule has 1 aromatic heterocycles. The van der Waals surface area contributed by atoms with Gasteiger partial charge in [-0.15, -0.1) is 15.0 Å². The van der Waals surface area contributed by atoms with Gasteiger partial charge in [0.2, 0.25) is 0 Å². The average Bonchev–Trinajstić information content (AvgIpc) is 2.45. The zero-order valence-electron chi connectivity index (χ0n) is 11.4. The molecule has 1 aliphatic rings. The summed E-state index contributed by atoms with van der Waals surface area (Å²) in [5.41, 5.74) is 6.00. The molecule has 19 heavy (non-hydrogen) atoms. The van der Waals surface area contributed by atoms with E-state index in [1.165, 1.54) is 20.6 Å². The van der Waals surface area contributed by atoms with Crippen LogP contribution in [0.25, 0.3) is 0 Å². The lowest BCUT2D eigenvalue weighted by Crippen LogP contribution is -2.47. The van der Waals surface area contributed by atoms with Crippen molar-refractivity contribution >= 4 is 0 Å². The Morgan fingerprint density at radius 2 is 1.47 bits per heavy atom. The zero-order valence-corrected chi connectivity index (χ0v) is 11.4. The molecule has 1 aliphatic carbocycles. The highest BCUT2D eigenvalue weighted by atomic mass is 16.5. The van der Waals surface area contributed by atoms with Gasteiger partial charge in [-0.05, 0) is 12.8 Å². The fourth-order valence-electron chi connectivity index (χ4n) is 2.18. The Labute approximate surface area is 112 Å². The maximum atomic E-state index is 6.29. The average molecular weight is 268 g/mol. The van der Waals surface area contributed by atoms with Crippen LogP contribution in [0.2, 0.25) is 0 Å². The fraction of sp³-hybridized carbons (Fsp3) is 0.750. The predicted molar refractivity (Wildman–Crippen MR) is 68.4 cm³/mol. The highest BCUT2D eigenvalue weighted by Gasteiger charge is 2.28. The van der Waals surface area contributed by atoms with Crippen LogP contribution in [0.1, 0.15) is 32.1 Å². The monoisotopic (exact) mass is 268 g/mol. The van der Waals surface area contributed by atoms with Gasteiger partial charge < -0.3 is 19.9 Å². The minimum Gasteiger partial charge on any atom is -0.467 e. The molecule has 2 N–H and O–H groups in total. The van der Waals surface area contributed by atoms with Gasteiger partial charge in [0, 0.05) is 0 Å². The summed E-state index contributed by atoms with van der Waals surface area (Å²) in [6.07, 6.45) is 5.46. The zero-order chi connectivity index (χ0) is 13.7. The summed E-state index contributed by atoms with van der Waals surface area (Å²) in [5.74, 6) is 0. The Kier molecular flexibility index (Phi) is 4.36. The lowest BCUT2D eigenvalue weighted by atomic mass is 9.83. The third kappa shape index (κ3) is 3.66. The molecular formula is C12H20N4O3. The summed E-state index contributed by atoms with van der Waals surface area (Å²) in [5, 5.41) is 0. The van der Waals surface area contributed by atoms with Crippen LogP contribution in [0, 0.1) is 0 Å². The van der Waals surface area contributed by atoms with Crippen molar-refractivity contribution in [3.05, 3.63) is 0 Å². The van der Waals surface area contributed by atoms with E-state index >= 15 is 0 Å². The maximum absolute atomic E-state index is 6.29. The van der Waals surface area contributed by atoms with Crippen LogP contribution in [-0.2, 0) is 0 Å². The number of aromatic nitrogens is 3. The Balaban J connectivity index is 2.02. The number of nitrogens with zero attached hydrogens (tertiary/aromatic N) is 3. The van der Waals surface area contributed by atoms with Crippen LogP contribution in [0.15, 0.2) is 0 Å². The largest absolute Gasteiger partial charge is 0.467 e. The van der Waals surface area contributed by atoms with Gasteiger partial charge in [-0.3, -0.25) is 0 Å². The molecule has 0 bridgehead atoms. The molecular weight excluding hydrogens is 248 g/mol. The van der Waals surface area contributed by atoms with Crippen molar-refractivity contribution in [1.29, 1.82) is 0 Å². The van der Waals surface area contributed by atoms with E-state index < -0.39 is 0 Å². The SMILES string of the molecule is COc1nc(OC)nc(OCC2(N)CCCCC2)n1. The number of rotatable bonds is 5. The minimum absolute atomic E-state index is 0.163. The van der Waals surface area contributed by atoms with E-state index in [1.54, 1.807) is 0 Å². The molecule has 1 fully saturated rings. The van der Waals surface area contributed by atoms with E-state index in [4.69, 9.17) is 19.9 Å². The van der Waals surface area contributed by atoms with Crippen molar-refractivity contribution in [2.45, 2.75) is 37.6 Å². The molecule has 7 heteroatoms. The van der Waals surface area contributed by atoms with Gasteiger partial charge in [-0.1, -0.05) is 19.3 Å². The van der Waals surface area contributed by atoms with Crippen LogP contribution in [-0.4, -0.2) is 41.3 Å². The summed E-state index contributed by atoms with van der Waals surface area (Å²) in [6, 6.07) is 0.507. The second-order valence-corrected chi connectivity index (χ2v) is 4.80. The van der Waals surface area contributed by atoms with Gasteiger partial charge in [0.25, 0.3) is 0 Å². The topological polar surface area (TPSA) is 92.4 Å². The molecule has 1 saturated carbocycles. The van der Waals surface area contributed by atoms with Crippen LogP contribution in [0.5, 0.6) is 18.0 Å². The van der Waals surface area contributed by atoms with E-state index in [0.29, 0.717) is 6.61 Å². The molecule has 0 aromatic carbocycles. The molecule has 0 amide bonds. The first-order chi connectivity index (χ1) is 9.15. The first-order valence-corrected chi connectivity index (χ1v) is 6.41. The molecule has 0 radical (unpaired) electrons. The predicted octanol–water partition coefficient (Wildman–Crippen LogP) is 0.929. The Hall–Kier alpha value is -1.63. The van der Waals surface area contributed by atoms with E-state index in [-0.39, 0.29) is 23.6 Å². The molecule has 106 valence electrons. The van der Waals surface area contributed by atoms with Crippen LogP contribution < -0.4 is 19.9 Å². The van der Waals surface area contributed by atoms with E-state index in [1.807, 2.05) is 0 Å². The van der Waals surface area contributed by atoms with Crippen LogP contribution in [0.3, 0.4) is 0 Å². The second-order valence-electron chi connectivity index (χ2n) is 4.80. The highest BCUT2D eigenvalue weighted by molar-refractivity contribution is 5.09. The van der Waals surface area contributed by atoms with Gasteiger partial charge in [0.15, 0.2) is 0 Å². The Bertz CT molecular complexity index is 399. The standard InChI is InChI=1S/C12H20N4O3/c1-17-9-14-10(18-2)16-11(15-9)19-8-12(13)6-4-3-5-7-12/h3-8,13H2,1-2H3. The first kappa shape index (κ1) is 13.8. The minimum atomic E-state index is -0.286. The fourth-order valence-corrected chi connectivity index (χ4v) is 2.18. The van der Waals surface area contributed by atoms with Gasteiger partial charge in [0.05, 0.1) is 19.8 Å². The lowest BCUT2D eigenvalue weighted by Gasteiger charge is -2.32. The van der Waals surface area contributed by atoms with E-state index in [9.17, 15) is 0 Å². The number of hydrogen-bond donors (Lipinski definition) is 1. The quantitative estimate of drug-likeness (QED) is 0.849. The molecule has 0 unspecified atom stereocenters. The smallest absolute Gasteiger partial charge is 0.325 e. The van der Waals surface area contributed by atoms with Gasteiger partial charge in [0.1, 0.15) is 6.61 Å². The van der Waals surface area contributed by atoms with Crippen molar-refractivity contribution in [3.8, 4) is 18.0 Å². The number of ether oxygens (including phenoxy) is 3. The molecule has 0 aliphatic heterocycles. The molecule has 7 nitrogen and oxygen atoms in total. The molecule has 1 aromatic rings. The number of hydrogen-bond acceptors (Lipinski definition) is 7. The molecule has 2 rings (SSSR count). The van der Waals surface area contributed by atoms with Gasteiger partial charge in [-0.2, -0.15) is 0 Å². The Morgan fingerprint density at radius 3 is 2.00 bits per heavy atom. The normalized spacial score (nSPS) is 17.8.